The minimum Gasteiger partial charge on any atom is -0.486 e. The first-order valence-corrected chi connectivity index (χ1v) is 7.27. The average Bonchev–Trinajstić information content (AvgIpc) is 2.93. The molecule has 0 aliphatic heterocycles. The van der Waals surface area contributed by atoms with Gasteiger partial charge in [-0.3, -0.25) is 9.67 Å². The summed E-state index contributed by atoms with van der Waals surface area (Å²) in [4.78, 5) is 4.55. The molecule has 0 unspecified atom stereocenters. The van der Waals surface area contributed by atoms with Crippen LogP contribution in [0.15, 0.2) is 42.7 Å². The SMILES string of the molecule is CCCn1cc(OCc2cc(C)nc3ccccc23)cn1. The zero-order valence-corrected chi connectivity index (χ0v) is 12.4. The fraction of sp³-hybridized carbons (Fsp3) is 0.294. The Kier molecular flexibility index (Phi) is 3.86. The maximum absolute atomic E-state index is 5.87. The van der Waals surface area contributed by atoms with Crippen LogP contribution in [0.1, 0.15) is 24.6 Å². The van der Waals surface area contributed by atoms with Crippen LogP contribution in [-0.4, -0.2) is 14.8 Å². The average molecular weight is 281 g/mol. The number of rotatable bonds is 5. The van der Waals surface area contributed by atoms with Gasteiger partial charge in [0.25, 0.3) is 0 Å². The van der Waals surface area contributed by atoms with Crippen molar-refractivity contribution < 1.29 is 4.74 Å². The molecule has 0 amide bonds. The lowest BCUT2D eigenvalue weighted by Gasteiger charge is -2.08. The van der Waals surface area contributed by atoms with Gasteiger partial charge in [-0.15, -0.1) is 0 Å². The second-order valence-corrected chi connectivity index (χ2v) is 5.17. The molecule has 0 bridgehead atoms. The Morgan fingerprint density at radius 3 is 2.95 bits per heavy atom. The molecule has 4 heteroatoms. The normalized spacial score (nSPS) is 11.0. The predicted octanol–water partition coefficient (Wildman–Crippen LogP) is 3.73. The van der Waals surface area contributed by atoms with E-state index in [1.165, 1.54) is 0 Å². The number of nitrogens with zero attached hydrogens (tertiary/aromatic N) is 3. The lowest BCUT2D eigenvalue weighted by atomic mass is 10.1. The van der Waals surface area contributed by atoms with Crippen molar-refractivity contribution in [2.24, 2.45) is 0 Å². The fourth-order valence-electron chi connectivity index (χ4n) is 2.45. The Morgan fingerprint density at radius 1 is 1.24 bits per heavy atom. The van der Waals surface area contributed by atoms with Gasteiger partial charge in [0.15, 0.2) is 5.75 Å². The number of para-hydroxylation sites is 1. The van der Waals surface area contributed by atoms with Crippen LogP contribution in [0.4, 0.5) is 0 Å². The van der Waals surface area contributed by atoms with Crippen molar-refractivity contribution in [3.63, 3.8) is 0 Å². The van der Waals surface area contributed by atoms with E-state index in [4.69, 9.17) is 4.74 Å². The molecule has 0 atom stereocenters. The van der Waals surface area contributed by atoms with Crippen LogP contribution in [-0.2, 0) is 13.2 Å². The largest absolute Gasteiger partial charge is 0.486 e. The number of fused-ring (bicyclic) bond motifs is 1. The van der Waals surface area contributed by atoms with Gasteiger partial charge in [0, 0.05) is 23.2 Å². The van der Waals surface area contributed by atoms with E-state index in [0.717, 1.165) is 40.9 Å². The monoisotopic (exact) mass is 281 g/mol. The third kappa shape index (κ3) is 3.05. The van der Waals surface area contributed by atoms with Gasteiger partial charge >= 0.3 is 0 Å². The first-order valence-electron chi connectivity index (χ1n) is 7.27. The number of aromatic nitrogens is 3. The van der Waals surface area contributed by atoms with Crippen LogP contribution in [0.25, 0.3) is 10.9 Å². The summed E-state index contributed by atoms with van der Waals surface area (Å²) in [5, 5.41) is 5.42. The quantitative estimate of drug-likeness (QED) is 0.715. The molecule has 3 rings (SSSR count). The first-order chi connectivity index (χ1) is 10.3. The highest BCUT2D eigenvalue weighted by Gasteiger charge is 2.05. The molecule has 0 saturated carbocycles. The van der Waals surface area contributed by atoms with E-state index in [9.17, 15) is 0 Å². The molecule has 2 aromatic heterocycles. The van der Waals surface area contributed by atoms with Crippen molar-refractivity contribution in [2.75, 3.05) is 0 Å². The molecule has 1 aromatic carbocycles. The Morgan fingerprint density at radius 2 is 2.10 bits per heavy atom. The zero-order valence-electron chi connectivity index (χ0n) is 12.4. The Bertz CT molecular complexity index is 749. The number of hydrogen-bond acceptors (Lipinski definition) is 3. The molecule has 0 N–H and O–H groups in total. The van der Waals surface area contributed by atoms with Crippen molar-refractivity contribution in [1.29, 1.82) is 0 Å². The van der Waals surface area contributed by atoms with Gasteiger partial charge in [0.1, 0.15) is 6.61 Å². The molecule has 3 aromatic rings. The maximum atomic E-state index is 5.87. The van der Waals surface area contributed by atoms with Crippen molar-refractivity contribution in [1.82, 2.24) is 14.8 Å². The van der Waals surface area contributed by atoms with E-state index in [2.05, 4.69) is 29.1 Å². The molecule has 2 heterocycles. The predicted molar refractivity (Wildman–Crippen MR) is 83.3 cm³/mol. The molecule has 0 aliphatic carbocycles. The van der Waals surface area contributed by atoms with Crippen LogP contribution in [0.3, 0.4) is 0 Å². The fourth-order valence-corrected chi connectivity index (χ4v) is 2.45. The van der Waals surface area contributed by atoms with Gasteiger partial charge in [-0.1, -0.05) is 25.1 Å². The number of pyridine rings is 1. The van der Waals surface area contributed by atoms with Crippen LogP contribution in [0.2, 0.25) is 0 Å². The van der Waals surface area contributed by atoms with Gasteiger partial charge in [-0.25, -0.2) is 0 Å². The second kappa shape index (κ2) is 5.95. The summed E-state index contributed by atoms with van der Waals surface area (Å²) in [6, 6.07) is 10.2. The highest BCUT2D eigenvalue weighted by Crippen LogP contribution is 2.20. The molecule has 21 heavy (non-hydrogen) atoms. The molecular formula is C17H19N3O. The molecule has 0 aliphatic rings. The van der Waals surface area contributed by atoms with Gasteiger partial charge in [-0.2, -0.15) is 5.10 Å². The van der Waals surface area contributed by atoms with E-state index in [0.29, 0.717) is 6.61 Å². The summed E-state index contributed by atoms with van der Waals surface area (Å²) in [5.74, 6) is 0.807. The lowest BCUT2D eigenvalue weighted by Crippen LogP contribution is -1.98. The molecule has 4 nitrogen and oxygen atoms in total. The number of aryl methyl sites for hydroxylation is 2. The Balaban J connectivity index is 1.81. The molecule has 0 radical (unpaired) electrons. The van der Waals surface area contributed by atoms with Gasteiger partial charge in [0.05, 0.1) is 17.9 Å². The van der Waals surface area contributed by atoms with E-state index < -0.39 is 0 Å². The Labute approximate surface area is 124 Å². The zero-order chi connectivity index (χ0) is 14.7. The summed E-state index contributed by atoms with van der Waals surface area (Å²) in [5.41, 5.74) is 3.17. The third-order valence-electron chi connectivity index (χ3n) is 3.39. The Hall–Kier alpha value is -2.36. The van der Waals surface area contributed by atoms with Crippen molar-refractivity contribution in [3.8, 4) is 5.75 Å². The lowest BCUT2D eigenvalue weighted by molar-refractivity contribution is 0.307. The first kappa shape index (κ1) is 13.6. The molecular weight excluding hydrogens is 262 g/mol. The highest BCUT2D eigenvalue weighted by molar-refractivity contribution is 5.82. The smallest absolute Gasteiger partial charge is 0.157 e. The summed E-state index contributed by atoms with van der Waals surface area (Å²) in [6.07, 6.45) is 4.78. The summed E-state index contributed by atoms with van der Waals surface area (Å²) in [6.45, 7) is 5.59. The summed E-state index contributed by atoms with van der Waals surface area (Å²) in [7, 11) is 0. The van der Waals surface area contributed by atoms with Crippen LogP contribution in [0.5, 0.6) is 5.75 Å². The van der Waals surface area contributed by atoms with Gasteiger partial charge in [-0.05, 0) is 25.5 Å². The third-order valence-corrected chi connectivity index (χ3v) is 3.39. The maximum Gasteiger partial charge on any atom is 0.157 e. The number of benzene rings is 1. The molecule has 108 valence electrons. The topological polar surface area (TPSA) is 39.9 Å². The van der Waals surface area contributed by atoms with E-state index >= 15 is 0 Å². The molecule has 0 saturated heterocycles. The van der Waals surface area contributed by atoms with Crippen molar-refractivity contribution in [2.45, 2.75) is 33.4 Å². The number of hydrogen-bond donors (Lipinski definition) is 0. The van der Waals surface area contributed by atoms with Gasteiger partial charge < -0.3 is 4.74 Å². The number of ether oxygens (including phenoxy) is 1. The summed E-state index contributed by atoms with van der Waals surface area (Å²) < 4.78 is 7.78. The minimum atomic E-state index is 0.529. The molecule has 0 fully saturated rings. The van der Waals surface area contributed by atoms with E-state index in [1.54, 1.807) is 6.20 Å². The second-order valence-electron chi connectivity index (χ2n) is 5.17. The van der Waals surface area contributed by atoms with Gasteiger partial charge in [0.2, 0.25) is 0 Å². The highest BCUT2D eigenvalue weighted by atomic mass is 16.5. The van der Waals surface area contributed by atoms with E-state index in [-0.39, 0.29) is 0 Å². The van der Waals surface area contributed by atoms with Crippen LogP contribution >= 0.6 is 0 Å². The minimum absolute atomic E-state index is 0.529. The van der Waals surface area contributed by atoms with Crippen LogP contribution < -0.4 is 4.74 Å². The van der Waals surface area contributed by atoms with Crippen molar-refractivity contribution in [3.05, 3.63) is 54.0 Å². The van der Waals surface area contributed by atoms with Crippen molar-refractivity contribution >= 4 is 10.9 Å². The van der Waals surface area contributed by atoms with E-state index in [1.807, 2.05) is 36.0 Å². The molecule has 0 spiro atoms. The summed E-state index contributed by atoms with van der Waals surface area (Å²) >= 11 is 0. The van der Waals surface area contributed by atoms with Crippen LogP contribution in [0, 0.1) is 6.92 Å². The standard InChI is InChI=1S/C17H19N3O/c1-3-8-20-11-15(10-18-20)21-12-14-9-13(2)19-17-7-5-4-6-16(14)17/h4-7,9-11H,3,8,12H2,1-2H3.